The van der Waals surface area contributed by atoms with Gasteiger partial charge in [-0.15, -0.1) is 0 Å². The van der Waals surface area contributed by atoms with E-state index in [1.165, 1.54) is 116 Å². The molecule has 0 bridgehead atoms. The SMILES string of the molecule is Cc1cc(C)c(C)c(-c2c3cccc(-c4cnc(C(C)C)cn4)c3cc[n+]2C)c1.Cc1cc(C)c(C)c(-c2c3cccc(-c4cnc(CC(C)(C)C)cn4)c3cc[n+]2C)c1.Cc1cc(C)c(C)c(-c2c3cccc(-c4cnc(CC(C)C)cn4)c3cc[n+]2C)c1. The van der Waals surface area contributed by atoms with Gasteiger partial charge >= 0.3 is 0 Å². The molecule has 0 atom stereocenters. The van der Waals surface area contributed by atoms with Crippen LogP contribution in [0, 0.1) is 73.6 Å². The van der Waals surface area contributed by atoms with Crippen LogP contribution in [0.4, 0.5) is 0 Å². The standard InChI is InChI=1S/C28H32N3.C27H30N3.C26H28N3/c1-18-13-19(2)20(3)25(14-18)27-24-10-8-9-23(22(24)11-12-31(27)7)26-17-29-21(16-30-26)15-28(4,5)6;1-17(2)12-21-15-29-26(16-28-21)23-8-7-9-24-22(23)10-11-30(6)27(24)25-14-18(3)13-19(4)20(25)5;1-16(2)24-14-28-25(15-27-24)21-8-7-9-22-20(21)10-11-29(6)26(22)23-13-17(3)12-18(4)19(23)5/h8-14,16-17H,15H2,1-7H3;7-11,13-17H,12H2,1-6H3;7-16H,1-6H3/q3*+1. The summed E-state index contributed by atoms with van der Waals surface area (Å²) in [7, 11) is 6.37. The minimum atomic E-state index is 0.198. The smallest absolute Gasteiger partial charge is 0.220 e. The molecule has 0 spiro atoms. The number of aromatic nitrogens is 9. The molecule has 0 N–H and O–H groups in total. The Morgan fingerprint density at radius 1 is 0.367 bits per heavy atom. The number of hydrogen-bond acceptors (Lipinski definition) is 6. The van der Waals surface area contributed by atoms with Gasteiger partial charge in [0.2, 0.25) is 17.1 Å². The maximum absolute atomic E-state index is 4.78. The van der Waals surface area contributed by atoms with Crippen LogP contribution in [0.25, 0.3) is 99.9 Å². The molecule has 0 unspecified atom stereocenters. The largest absolute Gasteiger partial charge is 0.257 e. The first-order valence-corrected chi connectivity index (χ1v) is 31.8. The third-order valence-corrected chi connectivity index (χ3v) is 17.6. The van der Waals surface area contributed by atoms with Gasteiger partial charge < -0.3 is 0 Å². The van der Waals surface area contributed by atoms with Crippen LogP contribution in [-0.4, -0.2) is 29.9 Å². The van der Waals surface area contributed by atoms with Gasteiger partial charge in [-0.2, -0.15) is 0 Å². The second-order valence-corrected chi connectivity index (χ2v) is 27.0. The summed E-state index contributed by atoms with van der Waals surface area (Å²) in [5, 5.41) is 7.30. The van der Waals surface area contributed by atoms with E-state index in [1.54, 1.807) is 0 Å². The molecule has 0 aliphatic rings. The van der Waals surface area contributed by atoms with E-state index in [9.17, 15) is 0 Å². The molecule has 12 aromatic rings. The Morgan fingerprint density at radius 3 is 1.01 bits per heavy atom. The average molecular weight is 1190 g/mol. The van der Waals surface area contributed by atoms with Crippen molar-refractivity contribution < 1.29 is 13.7 Å². The minimum absolute atomic E-state index is 0.198. The molecule has 0 amide bonds. The van der Waals surface area contributed by atoms with E-state index in [1.807, 2.05) is 37.2 Å². The van der Waals surface area contributed by atoms with Crippen molar-refractivity contribution in [2.75, 3.05) is 0 Å². The van der Waals surface area contributed by atoms with Crippen LogP contribution in [0.5, 0.6) is 0 Å². The Hall–Kier alpha value is -9.21. The molecule has 0 saturated carbocycles. The first kappa shape index (κ1) is 63.8. The fourth-order valence-corrected chi connectivity index (χ4v) is 12.7. The second-order valence-electron chi connectivity index (χ2n) is 27.0. The molecule has 6 aromatic carbocycles. The maximum atomic E-state index is 4.78. The number of fused-ring (bicyclic) bond motifs is 3. The van der Waals surface area contributed by atoms with Crippen molar-refractivity contribution in [3.05, 3.63) is 232 Å². The minimum Gasteiger partial charge on any atom is -0.257 e. The van der Waals surface area contributed by atoms with Crippen molar-refractivity contribution in [3.8, 4) is 67.5 Å². The van der Waals surface area contributed by atoms with Crippen LogP contribution in [0.1, 0.15) is 122 Å². The summed E-state index contributed by atoms with van der Waals surface area (Å²) in [5.74, 6) is 0.952. The Bertz CT molecular complexity index is 4630. The molecule has 9 nitrogen and oxygen atoms in total. The van der Waals surface area contributed by atoms with E-state index >= 15 is 0 Å². The molecule has 6 heterocycles. The summed E-state index contributed by atoms with van der Waals surface area (Å²) in [6.45, 7) is 35.1. The van der Waals surface area contributed by atoms with Crippen molar-refractivity contribution in [3.63, 3.8) is 0 Å². The maximum Gasteiger partial charge on any atom is 0.220 e. The molecule has 0 aliphatic heterocycles. The van der Waals surface area contributed by atoms with Crippen LogP contribution in [0.2, 0.25) is 0 Å². The van der Waals surface area contributed by atoms with E-state index in [0.717, 1.165) is 63.7 Å². The van der Waals surface area contributed by atoms with Crippen LogP contribution >= 0.6 is 0 Å². The van der Waals surface area contributed by atoms with Gasteiger partial charge in [-0.05, 0) is 162 Å². The van der Waals surface area contributed by atoms with Crippen LogP contribution in [-0.2, 0) is 34.0 Å². The van der Waals surface area contributed by atoms with E-state index in [2.05, 4.69) is 283 Å². The van der Waals surface area contributed by atoms with Crippen molar-refractivity contribution in [2.45, 2.75) is 130 Å². The fraction of sp³-hybridized carbons (Fsp3) is 0.296. The highest BCUT2D eigenvalue weighted by Crippen LogP contribution is 2.38. The number of hydrogen-bond donors (Lipinski definition) is 0. The number of pyridine rings is 3. The van der Waals surface area contributed by atoms with Crippen molar-refractivity contribution in [1.82, 2.24) is 29.9 Å². The summed E-state index contributed by atoms with van der Waals surface area (Å²) in [6, 6.07) is 39.7. The summed E-state index contributed by atoms with van der Waals surface area (Å²) >= 11 is 0. The Balaban J connectivity index is 0.000000149. The molecule has 12 rings (SSSR count). The Labute approximate surface area is 534 Å². The lowest BCUT2D eigenvalue weighted by molar-refractivity contribution is -0.659. The predicted octanol–water partition coefficient (Wildman–Crippen LogP) is 18.1. The van der Waals surface area contributed by atoms with Gasteiger partial charge in [0.15, 0.2) is 18.6 Å². The van der Waals surface area contributed by atoms with Crippen molar-refractivity contribution in [1.29, 1.82) is 0 Å². The Morgan fingerprint density at radius 2 is 0.711 bits per heavy atom. The zero-order valence-corrected chi connectivity index (χ0v) is 56.7. The molecular weight excluding hydrogens is 1100 g/mol. The van der Waals surface area contributed by atoms with Gasteiger partial charge in [0.1, 0.15) is 21.1 Å². The normalized spacial score (nSPS) is 11.6. The number of aryl methyl sites for hydroxylation is 9. The molecular formula is C81H90N9+3. The fourth-order valence-electron chi connectivity index (χ4n) is 12.7. The van der Waals surface area contributed by atoms with Gasteiger partial charge in [0, 0.05) is 69.6 Å². The highest BCUT2D eigenvalue weighted by molar-refractivity contribution is 6.04. The first-order valence-electron chi connectivity index (χ1n) is 31.8. The van der Waals surface area contributed by atoms with E-state index < -0.39 is 0 Å². The molecule has 0 saturated heterocycles. The molecule has 0 fully saturated rings. The zero-order chi connectivity index (χ0) is 64.5. The van der Waals surface area contributed by atoms with E-state index in [-0.39, 0.29) is 5.41 Å². The number of benzene rings is 6. The first-order chi connectivity index (χ1) is 42.8. The number of nitrogens with zero attached hydrogens (tertiary/aromatic N) is 9. The van der Waals surface area contributed by atoms with E-state index in [0.29, 0.717) is 11.8 Å². The third kappa shape index (κ3) is 13.7. The summed E-state index contributed by atoms with van der Waals surface area (Å²) in [4.78, 5) is 28.3. The lowest BCUT2D eigenvalue weighted by Gasteiger charge is -2.17. The molecule has 90 heavy (non-hydrogen) atoms. The van der Waals surface area contributed by atoms with Crippen LogP contribution in [0.15, 0.2) is 165 Å². The molecule has 0 aliphatic carbocycles. The van der Waals surface area contributed by atoms with Gasteiger partial charge in [-0.25, -0.2) is 13.7 Å². The van der Waals surface area contributed by atoms with Gasteiger partial charge in [-0.3, -0.25) is 29.9 Å². The van der Waals surface area contributed by atoms with Crippen LogP contribution < -0.4 is 13.7 Å². The third-order valence-electron chi connectivity index (χ3n) is 17.6. The molecule has 456 valence electrons. The van der Waals surface area contributed by atoms with Gasteiger partial charge in [0.25, 0.3) is 0 Å². The monoisotopic (exact) mass is 1190 g/mol. The lowest BCUT2D eigenvalue weighted by Crippen LogP contribution is -2.31. The highest BCUT2D eigenvalue weighted by atomic mass is 14.9. The van der Waals surface area contributed by atoms with Crippen molar-refractivity contribution in [2.24, 2.45) is 32.5 Å². The predicted molar refractivity (Wildman–Crippen MR) is 373 cm³/mol. The molecule has 9 heteroatoms. The molecule has 6 aromatic heterocycles. The van der Waals surface area contributed by atoms with Crippen LogP contribution in [0.3, 0.4) is 0 Å². The van der Waals surface area contributed by atoms with E-state index in [4.69, 9.17) is 19.9 Å². The van der Waals surface area contributed by atoms with Gasteiger partial charge in [0.05, 0.1) is 85.6 Å². The zero-order valence-electron chi connectivity index (χ0n) is 56.7. The summed E-state index contributed by atoms with van der Waals surface area (Å²) < 4.78 is 6.68. The highest BCUT2D eigenvalue weighted by Gasteiger charge is 2.25. The lowest BCUT2D eigenvalue weighted by atomic mass is 9.91. The van der Waals surface area contributed by atoms with Gasteiger partial charge in [-0.1, -0.05) is 120 Å². The Kier molecular flexibility index (Phi) is 18.8. The summed E-state index contributed by atoms with van der Waals surface area (Å²) in [6.07, 6.45) is 19.8. The second kappa shape index (κ2) is 26.5. The number of rotatable bonds is 10. The van der Waals surface area contributed by atoms with Crippen molar-refractivity contribution >= 4 is 32.3 Å². The topological polar surface area (TPSA) is 89.0 Å². The molecule has 0 radical (unpaired) electrons. The average Bonchev–Trinajstić information content (AvgIpc) is 0.803. The summed E-state index contributed by atoms with van der Waals surface area (Å²) in [5.41, 5.74) is 28.8. The quantitative estimate of drug-likeness (QED) is 0.127.